The summed E-state index contributed by atoms with van der Waals surface area (Å²) in [4.78, 5) is 12.0. The fraction of sp³-hybridized carbons (Fsp3) is 0.238. The van der Waals surface area contributed by atoms with Gasteiger partial charge in [0, 0.05) is 23.3 Å². The molecule has 0 spiro atoms. The average molecular weight is 418 g/mol. The van der Waals surface area contributed by atoms with Gasteiger partial charge in [0.15, 0.2) is 6.61 Å². The van der Waals surface area contributed by atoms with Gasteiger partial charge in [-0.05, 0) is 56.2 Å². The van der Waals surface area contributed by atoms with E-state index >= 15 is 0 Å². The second kappa shape index (κ2) is 9.13. The zero-order valence-electron chi connectivity index (χ0n) is 15.7. The van der Waals surface area contributed by atoms with E-state index < -0.39 is 0 Å². The van der Waals surface area contributed by atoms with Gasteiger partial charge in [0.25, 0.3) is 5.91 Å². The Morgan fingerprint density at radius 1 is 1.11 bits per heavy atom. The molecule has 0 fully saturated rings. The van der Waals surface area contributed by atoms with Gasteiger partial charge in [0.2, 0.25) is 0 Å². The number of ether oxygens (including phenoxy) is 1. The van der Waals surface area contributed by atoms with Gasteiger partial charge in [-0.1, -0.05) is 35.3 Å². The lowest BCUT2D eigenvalue weighted by molar-refractivity contribution is -0.123. The summed E-state index contributed by atoms with van der Waals surface area (Å²) in [5.74, 6) is 0.180. The Labute approximate surface area is 174 Å². The molecular formula is C21H21Cl2N3O2. The molecule has 0 saturated heterocycles. The van der Waals surface area contributed by atoms with Crippen molar-refractivity contribution in [1.82, 2.24) is 15.1 Å². The quantitative estimate of drug-likeness (QED) is 0.613. The molecule has 2 aromatic carbocycles. The van der Waals surface area contributed by atoms with Crippen molar-refractivity contribution in [2.75, 3.05) is 13.2 Å². The highest BCUT2D eigenvalue weighted by Crippen LogP contribution is 2.27. The monoisotopic (exact) mass is 417 g/mol. The lowest BCUT2D eigenvalue weighted by atomic mass is 10.1. The van der Waals surface area contributed by atoms with Crippen LogP contribution < -0.4 is 10.1 Å². The van der Waals surface area contributed by atoms with Gasteiger partial charge >= 0.3 is 0 Å². The summed E-state index contributed by atoms with van der Waals surface area (Å²) in [5.41, 5.74) is 4.23. The van der Waals surface area contributed by atoms with Gasteiger partial charge < -0.3 is 10.1 Å². The highest BCUT2D eigenvalue weighted by molar-refractivity contribution is 6.34. The van der Waals surface area contributed by atoms with E-state index in [1.54, 1.807) is 18.2 Å². The molecule has 28 heavy (non-hydrogen) atoms. The zero-order chi connectivity index (χ0) is 20.1. The van der Waals surface area contributed by atoms with Crippen LogP contribution in [0, 0.1) is 13.8 Å². The number of hydrogen-bond donors (Lipinski definition) is 1. The van der Waals surface area contributed by atoms with E-state index in [9.17, 15) is 4.79 Å². The number of aromatic nitrogens is 2. The summed E-state index contributed by atoms with van der Waals surface area (Å²) in [7, 11) is 0. The minimum atomic E-state index is -0.213. The molecule has 0 saturated carbocycles. The van der Waals surface area contributed by atoms with Crippen LogP contribution in [-0.2, 0) is 11.2 Å². The van der Waals surface area contributed by atoms with E-state index in [-0.39, 0.29) is 12.5 Å². The SMILES string of the molecule is Cc1cc(C)n(-c2ccc(CCNC(=O)COc3cc(Cl)ccc3Cl)cc2)n1. The molecule has 0 aliphatic carbocycles. The van der Waals surface area contributed by atoms with E-state index in [4.69, 9.17) is 27.9 Å². The number of nitrogens with one attached hydrogen (secondary N) is 1. The number of rotatable bonds is 7. The first-order chi connectivity index (χ1) is 13.4. The summed E-state index contributed by atoms with van der Waals surface area (Å²) in [6.07, 6.45) is 0.723. The first-order valence-electron chi connectivity index (χ1n) is 8.89. The van der Waals surface area contributed by atoms with Crippen LogP contribution in [0.1, 0.15) is 17.0 Å². The van der Waals surface area contributed by atoms with E-state index in [0.717, 1.165) is 29.1 Å². The first kappa shape index (κ1) is 20.2. The third kappa shape index (κ3) is 5.27. The standard InChI is InChI=1S/C21H21Cl2N3O2/c1-14-11-15(2)26(25-14)18-6-3-16(4-7-18)9-10-24-21(27)13-28-20-12-17(22)5-8-19(20)23/h3-8,11-12H,9-10,13H2,1-2H3,(H,24,27). The average Bonchev–Trinajstić information content (AvgIpc) is 3.01. The molecule has 0 radical (unpaired) electrons. The van der Waals surface area contributed by atoms with Crippen LogP contribution in [-0.4, -0.2) is 28.8 Å². The van der Waals surface area contributed by atoms with Gasteiger partial charge in [0.1, 0.15) is 5.75 Å². The van der Waals surface area contributed by atoms with Crippen LogP contribution in [0.25, 0.3) is 5.69 Å². The molecule has 7 heteroatoms. The fourth-order valence-electron chi connectivity index (χ4n) is 2.82. The number of nitrogens with zero attached hydrogens (tertiary/aromatic N) is 2. The normalized spacial score (nSPS) is 10.7. The van der Waals surface area contributed by atoms with Crippen LogP contribution in [0.4, 0.5) is 0 Å². The number of carbonyl (C=O) groups excluding carboxylic acids is 1. The Morgan fingerprint density at radius 3 is 2.54 bits per heavy atom. The molecule has 1 amide bonds. The predicted molar refractivity (Wildman–Crippen MR) is 112 cm³/mol. The Hall–Kier alpha value is -2.50. The number of benzene rings is 2. The summed E-state index contributed by atoms with van der Waals surface area (Å²) in [5, 5.41) is 8.24. The van der Waals surface area contributed by atoms with Gasteiger partial charge in [0.05, 0.1) is 16.4 Å². The van der Waals surface area contributed by atoms with E-state index in [0.29, 0.717) is 22.3 Å². The van der Waals surface area contributed by atoms with Crippen molar-refractivity contribution in [2.24, 2.45) is 0 Å². The Balaban J connectivity index is 1.46. The predicted octanol–water partition coefficient (Wildman–Crippen LogP) is 4.53. The highest BCUT2D eigenvalue weighted by atomic mass is 35.5. The molecule has 0 aliphatic rings. The molecule has 3 aromatic rings. The van der Waals surface area contributed by atoms with Crippen LogP contribution in [0.5, 0.6) is 5.75 Å². The third-order valence-corrected chi connectivity index (χ3v) is 4.73. The largest absolute Gasteiger partial charge is 0.482 e. The Kier molecular flexibility index (Phi) is 6.60. The number of aryl methyl sites for hydroxylation is 2. The highest BCUT2D eigenvalue weighted by Gasteiger charge is 2.07. The van der Waals surface area contributed by atoms with E-state index in [2.05, 4.69) is 10.4 Å². The molecule has 0 bridgehead atoms. The minimum Gasteiger partial charge on any atom is -0.482 e. The summed E-state index contributed by atoms with van der Waals surface area (Å²) in [6.45, 7) is 4.41. The second-order valence-corrected chi connectivity index (χ2v) is 7.31. The van der Waals surface area contributed by atoms with Crippen LogP contribution in [0.2, 0.25) is 10.0 Å². The second-order valence-electron chi connectivity index (χ2n) is 6.47. The number of hydrogen-bond acceptors (Lipinski definition) is 3. The molecule has 1 N–H and O–H groups in total. The lowest BCUT2D eigenvalue weighted by Crippen LogP contribution is -2.30. The van der Waals surface area contributed by atoms with Crippen molar-refractivity contribution in [3.63, 3.8) is 0 Å². The van der Waals surface area contributed by atoms with Crippen molar-refractivity contribution in [2.45, 2.75) is 20.3 Å². The summed E-state index contributed by atoms with van der Waals surface area (Å²) in [6, 6.07) is 15.1. The molecule has 3 rings (SSSR count). The first-order valence-corrected chi connectivity index (χ1v) is 9.65. The summed E-state index contributed by atoms with van der Waals surface area (Å²) >= 11 is 11.9. The van der Waals surface area contributed by atoms with Crippen LogP contribution in [0.15, 0.2) is 48.5 Å². The van der Waals surface area contributed by atoms with Crippen molar-refractivity contribution in [3.8, 4) is 11.4 Å². The van der Waals surface area contributed by atoms with E-state index in [1.807, 2.05) is 48.9 Å². The van der Waals surface area contributed by atoms with Crippen LogP contribution >= 0.6 is 23.2 Å². The molecule has 5 nitrogen and oxygen atoms in total. The zero-order valence-corrected chi connectivity index (χ0v) is 17.2. The molecule has 0 aliphatic heterocycles. The summed E-state index contributed by atoms with van der Waals surface area (Å²) < 4.78 is 7.34. The van der Waals surface area contributed by atoms with Crippen molar-refractivity contribution in [3.05, 3.63) is 75.5 Å². The lowest BCUT2D eigenvalue weighted by Gasteiger charge is -2.10. The third-order valence-electron chi connectivity index (χ3n) is 4.18. The molecular weight excluding hydrogens is 397 g/mol. The van der Waals surface area contributed by atoms with Gasteiger partial charge in [-0.2, -0.15) is 5.10 Å². The number of amides is 1. The minimum absolute atomic E-state index is 0.114. The maximum absolute atomic E-state index is 12.0. The maximum Gasteiger partial charge on any atom is 0.257 e. The molecule has 1 aromatic heterocycles. The molecule has 0 unspecified atom stereocenters. The number of carbonyl (C=O) groups is 1. The Bertz CT molecular complexity index is 968. The topological polar surface area (TPSA) is 56.2 Å². The van der Waals surface area contributed by atoms with Gasteiger partial charge in [-0.15, -0.1) is 0 Å². The molecule has 1 heterocycles. The van der Waals surface area contributed by atoms with Crippen molar-refractivity contribution < 1.29 is 9.53 Å². The molecule has 0 atom stereocenters. The maximum atomic E-state index is 12.0. The van der Waals surface area contributed by atoms with Crippen molar-refractivity contribution in [1.29, 1.82) is 0 Å². The number of halogens is 2. The van der Waals surface area contributed by atoms with E-state index in [1.165, 1.54) is 0 Å². The van der Waals surface area contributed by atoms with Crippen LogP contribution in [0.3, 0.4) is 0 Å². The molecule has 146 valence electrons. The van der Waals surface area contributed by atoms with Crippen molar-refractivity contribution >= 4 is 29.1 Å². The van der Waals surface area contributed by atoms with Gasteiger partial charge in [-0.25, -0.2) is 4.68 Å². The fourth-order valence-corrected chi connectivity index (χ4v) is 3.16. The van der Waals surface area contributed by atoms with Gasteiger partial charge in [-0.3, -0.25) is 4.79 Å². The Morgan fingerprint density at radius 2 is 1.86 bits per heavy atom. The smallest absolute Gasteiger partial charge is 0.257 e.